The van der Waals surface area contributed by atoms with E-state index in [0.717, 1.165) is 16.5 Å². The normalized spacial score (nSPS) is 11.0. The maximum absolute atomic E-state index is 8.06. The molecule has 3 rings (SSSR count). The van der Waals surface area contributed by atoms with Gasteiger partial charge < -0.3 is 0 Å². The summed E-state index contributed by atoms with van der Waals surface area (Å²) in [5, 5.41) is 10.4. The van der Waals surface area contributed by atoms with Gasteiger partial charge in [-0.1, -0.05) is 66.7 Å². The summed E-state index contributed by atoms with van der Waals surface area (Å²) in [6.07, 6.45) is 1.72. The second-order valence-electron chi connectivity index (χ2n) is 4.58. The van der Waals surface area contributed by atoms with E-state index in [4.69, 9.17) is 5.41 Å². The van der Waals surface area contributed by atoms with Crippen LogP contribution in [0.1, 0.15) is 11.1 Å². The molecule has 0 aliphatic rings. The zero-order valence-corrected chi connectivity index (χ0v) is 11.0. The monoisotopic (exact) mass is 258 g/mol. The minimum atomic E-state index is 0.277. The van der Waals surface area contributed by atoms with Crippen LogP contribution in [0.5, 0.6) is 0 Å². The first-order chi connectivity index (χ1) is 9.83. The minimum Gasteiger partial charge on any atom is -0.282 e. The molecule has 0 unspecified atom stereocenters. The summed E-state index contributed by atoms with van der Waals surface area (Å²) in [7, 11) is 0. The molecule has 3 aromatic carbocycles. The standard InChI is InChI=1S/C18H14N2/c19-18(20-13-14-6-2-1-3-7-14)17-11-10-15-8-4-5-9-16(15)12-17/h1-13,19H/b19-18?,20-13+. The summed E-state index contributed by atoms with van der Waals surface area (Å²) in [6.45, 7) is 0. The van der Waals surface area contributed by atoms with E-state index in [0.29, 0.717) is 0 Å². The van der Waals surface area contributed by atoms with Crippen LogP contribution in [-0.4, -0.2) is 12.1 Å². The lowest BCUT2D eigenvalue weighted by atomic mass is 10.1. The van der Waals surface area contributed by atoms with Gasteiger partial charge in [0.25, 0.3) is 0 Å². The molecule has 0 saturated heterocycles. The summed E-state index contributed by atoms with van der Waals surface area (Å²) in [4.78, 5) is 4.23. The molecular weight excluding hydrogens is 244 g/mol. The Morgan fingerprint density at radius 3 is 2.30 bits per heavy atom. The molecule has 0 aliphatic carbocycles. The Balaban J connectivity index is 1.87. The Bertz CT molecular complexity index is 774. The highest BCUT2D eigenvalue weighted by molar-refractivity contribution is 6.05. The first-order valence-corrected chi connectivity index (χ1v) is 6.50. The van der Waals surface area contributed by atoms with Crippen molar-refractivity contribution in [3.05, 3.63) is 83.9 Å². The third kappa shape index (κ3) is 2.64. The molecule has 0 amide bonds. The summed E-state index contributed by atoms with van der Waals surface area (Å²) in [5.74, 6) is 0.277. The van der Waals surface area contributed by atoms with Gasteiger partial charge in [0.1, 0.15) is 0 Å². The van der Waals surface area contributed by atoms with E-state index in [2.05, 4.69) is 11.1 Å². The number of benzene rings is 3. The molecule has 0 atom stereocenters. The van der Waals surface area contributed by atoms with Crippen LogP contribution in [0.15, 0.2) is 77.8 Å². The fourth-order valence-electron chi connectivity index (χ4n) is 2.09. The van der Waals surface area contributed by atoms with E-state index in [1.807, 2.05) is 66.7 Å². The Kier molecular flexibility index (Phi) is 3.38. The number of hydrogen-bond donors (Lipinski definition) is 1. The number of fused-ring (bicyclic) bond motifs is 1. The Labute approximate surface area is 117 Å². The van der Waals surface area contributed by atoms with Gasteiger partial charge in [-0.3, -0.25) is 5.41 Å². The van der Waals surface area contributed by atoms with Gasteiger partial charge in [-0.15, -0.1) is 0 Å². The molecule has 0 radical (unpaired) electrons. The van der Waals surface area contributed by atoms with Gasteiger partial charge in [0, 0.05) is 11.8 Å². The Hall–Kier alpha value is -2.74. The third-order valence-corrected chi connectivity index (χ3v) is 3.17. The molecule has 20 heavy (non-hydrogen) atoms. The van der Waals surface area contributed by atoms with Gasteiger partial charge in [0.15, 0.2) is 5.84 Å². The van der Waals surface area contributed by atoms with Crippen molar-refractivity contribution in [2.75, 3.05) is 0 Å². The van der Waals surface area contributed by atoms with E-state index in [9.17, 15) is 0 Å². The second kappa shape index (κ2) is 5.49. The first-order valence-electron chi connectivity index (χ1n) is 6.50. The molecule has 1 N–H and O–H groups in total. The molecule has 0 aromatic heterocycles. The largest absolute Gasteiger partial charge is 0.282 e. The second-order valence-corrected chi connectivity index (χ2v) is 4.58. The van der Waals surface area contributed by atoms with Crippen molar-refractivity contribution in [2.24, 2.45) is 4.99 Å². The number of rotatable bonds is 2. The number of amidine groups is 1. The molecule has 0 saturated carbocycles. The average molecular weight is 258 g/mol. The number of hydrogen-bond acceptors (Lipinski definition) is 1. The van der Waals surface area contributed by atoms with Crippen molar-refractivity contribution < 1.29 is 0 Å². The van der Waals surface area contributed by atoms with Crippen molar-refractivity contribution >= 4 is 22.8 Å². The maximum atomic E-state index is 8.06. The number of nitrogens with zero attached hydrogens (tertiary/aromatic N) is 1. The predicted octanol–water partition coefficient (Wildman–Crippen LogP) is 4.28. The van der Waals surface area contributed by atoms with Crippen LogP contribution in [0.25, 0.3) is 10.8 Å². The van der Waals surface area contributed by atoms with E-state index in [-0.39, 0.29) is 5.84 Å². The average Bonchev–Trinajstić information content (AvgIpc) is 2.53. The fourth-order valence-corrected chi connectivity index (χ4v) is 2.09. The zero-order valence-electron chi connectivity index (χ0n) is 11.0. The van der Waals surface area contributed by atoms with Crippen molar-refractivity contribution in [2.45, 2.75) is 0 Å². The third-order valence-electron chi connectivity index (χ3n) is 3.17. The minimum absolute atomic E-state index is 0.277. The van der Waals surface area contributed by atoms with E-state index in [1.165, 1.54) is 5.39 Å². The van der Waals surface area contributed by atoms with Crippen LogP contribution in [0.4, 0.5) is 0 Å². The first kappa shape index (κ1) is 12.3. The van der Waals surface area contributed by atoms with Crippen LogP contribution in [0.3, 0.4) is 0 Å². The van der Waals surface area contributed by atoms with Crippen LogP contribution >= 0.6 is 0 Å². The lowest BCUT2D eigenvalue weighted by molar-refractivity contribution is 1.43. The summed E-state index contributed by atoms with van der Waals surface area (Å²) in [5.41, 5.74) is 1.83. The maximum Gasteiger partial charge on any atom is 0.151 e. The molecule has 0 aliphatic heterocycles. The smallest absolute Gasteiger partial charge is 0.151 e. The van der Waals surface area contributed by atoms with Gasteiger partial charge in [-0.05, 0) is 22.4 Å². The molecule has 0 bridgehead atoms. The van der Waals surface area contributed by atoms with Gasteiger partial charge in [0.05, 0.1) is 0 Å². The zero-order chi connectivity index (χ0) is 13.8. The fraction of sp³-hybridized carbons (Fsp3) is 0. The van der Waals surface area contributed by atoms with Gasteiger partial charge in [-0.2, -0.15) is 0 Å². The highest BCUT2D eigenvalue weighted by Crippen LogP contribution is 2.16. The van der Waals surface area contributed by atoms with Crippen LogP contribution in [0, 0.1) is 5.41 Å². The highest BCUT2D eigenvalue weighted by Gasteiger charge is 2.00. The van der Waals surface area contributed by atoms with Crippen molar-refractivity contribution in [3.63, 3.8) is 0 Å². The summed E-state index contributed by atoms with van der Waals surface area (Å²) < 4.78 is 0. The number of aliphatic imine (C=N–C) groups is 1. The molecule has 2 nitrogen and oxygen atoms in total. The topological polar surface area (TPSA) is 36.2 Å². The molecule has 0 fully saturated rings. The Morgan fingerprint density at radius 1 is 0.800 bits per heavy atom. The summed E-state index contributed by atoms with van der Waals surface area (Å²) in [6, 6.07) is 23.9. The molecule has 0 spiro atoms. The van der Waals surface area contributed by atoms with Crippen molar-refractivity contribution in [3.8, 4) is 0 Å². The Morgan fingerprint density at radius 2 is 1.50 bits per heavy atom. The molecule has 3 aromatic rings. The number of nitrogens with one attached hydrogen (secondary N) is 1. The summed E-state index contributed by atoms with van der Waals surface area (Å²) >= 11 is 0. The van der Waals surface area contributed by atoms with Crippen LogP contribution in [0.2, 0.25) is 0 Å². The van der Waals surface area contributed by atoms with Crippen molar-refractivity contribution in [1.82, 2.24) is 0 Å². The molecule has 2 heteroatoms. The SMILES string of the molecule is N=C(/N=C/c1ccccc1)c1ccc2ccccc2c1. The lowest BCUT2D eigenvalue weighted by Crippen LogP contribution is -1.96. The molecular formula is C18H14N2. The predicted molar refractivity (Wildman–Crippen MR) is 84.8 cm³/mol. The quantitative estimate of drug-likeness (QED) is 0.526. The van der Waals surface area contributed by atoms with Gasteiger partial charge >= 0.3 is 0 Å². The van der Waals surface area contributed by atoms with Crippen molar-refractivity contribution in [1.29, 1.82) is 5.41 Å². The highest BCUT2D eigenvalue weighted by atomic mass is 14.8. The van der Waals surface area contributed by atoms with E-state index < -0.39 is 0 Å². The van der Waals surface area contributed by atoms with Gasteiger partial charge in [0.2, 0.25) is 0 Å². The van der Waals surface area contributed by atoms with Crippen LogP contribution < -0.4 is 0 Å². The lowest BCUT2D eigenvalue weighted by Gasteiger charge is -2.01. The molecule has 96 valence electrons. The molecule has 0 heterocycles. The van der Waals surface area contributed by atoms with E-state index >= 15 is 0 Å². The van der Waals surface area contributed by atoms with Gasteiger partial charge in [-0.25, -0.2) is 4.99 Å². The van der Waals surface area contributed by atoms with Crippen LogP contribution in [-0.2, 0) is 0 Å². The van der Waals surface area contributed by atoms with E-state index in [1.54, 1.807) is 6.21 Å².